The van der Waals surface area contributed by atoms with Crippen LogP contribution < -0.4 is 10.3 Å². The van der Waals surface area contributed by atoms with Gasteiger partial charge in [0.2, 0.25) is 0 Å². The van der Waals surface area contributed by atoms with Crippen molar-refractivity contribution < 1.29 is 13.9 Å². The van der Waals surface area contributed by atoms with Gasteiger partial charge in [-0.3, -0.25) is 14.2 Å². The summed E-state index contributed by atoms with van der Waals surface area (Å²) < 4.78 is 12.0. The van der Waals surface area contributed by atoms with Gasteiger partial charge in [0.15, 0.2) is 10.9 Å². The third kappa shape index (κ3) is 4.27. The summed E-state index contributed by atoms with van der Waals surface area (Å²) >= 11 is 7.28. The molecular formula is C22H17ClN2O4S. The summed E-state index contributed by atoms with van der Waals surface area (Å²) in [5, 5.41) is 1.37. The fraction of sp³-hybridized carbons (Fsp3) is 0.136. The number of carbonyl (C=O) groups excluding carboxylic acids is 1. The normalized spacial score (nSPS) is 11.0. The highest BCUT2D eigenvalue weighted by Crippen LogP contribution is 2.23. The van der Waals surface area contributed by atoms with Gasteiger partial charge in [-0.2, -0.15) is 0 Å². The molecule has 0 saturated heterocycles. The molecule has 0 N–H and O–H groups in total. The highest BCUT2D eigenvalue weighted by molar-refractivity contribution is 7.99. The predicted octanol–water partition coefficient (Wildman–Crippen LogP) is 4.67. The molecule has 0 bridgehead atoms. The summed E-state index contributed by atoms with van der Waals surface area (Å²) in [5.74, 6) is 1.35. The smallest absolute Gasteiger partial charge is 0.262 e. The molecule has 0 aliphatic heterocycles. The largest absolute Gasteiger partial charge is 0.497 e. The molecule has 2 heterocycles. The van der Waals surface area contributed by atoms with Crippen LogP contribution in [0, 0.1) is 0 Å². The molecule has 6 nitrogen and oxygen atoms in total. The van der Waals surface area contributed by atoms with Crippen LogP contribution in [0.15, 0.2) is 75.2 Å². The fourth-order valence-corrected chi connectivity index (χ4v) is 4.03. The average Bonchev–Trinajstić information content (AvgIpc) is 3.27. The first-order chi connectivity index (χ1) is 14.5. The number of Topliss-reactive ketones (excluding diaryl/α,β-unsaturated/α-hetero) is 1. The summed E-state index contributed by atoms with van der Waals surface area (Å²) in [6.45, 7) is 0.219. The zero-order chi connectivity index (χ0) is 21.1. The van der Waals surface area contributed by atoms with Crippen molar-refractivity contribution in [2.75, 3.05) is 12.9 Å². The van der Waals surface area contributed by atoms with Gasteiger partial charge in [0.1, 0.15) is 11.5 Å². The number of ketones is 1. The maximum atomic E-state index is 13.1. The number of hydrogen-bond donors (Lipinski definition) is 0. The van der Waals surface area contributed by atoms with Crippen LogP contribution in [0.5, 0.6) is 5.75 Å². The van der Waals surface area contributed by atoms with Gasteiger partial charge in [-0.25, -0.2) is 4.98 Å². The number of furan rings is 1. The summed E-state index contributed by atoms with van der Waals surface area (Å²) in [6, 6.07) is 15.4. The number of nitrogens with zero attached hydrogens (tertiary/aromatic N) is 2. The van der Waals surface area contributed by atoms with Crippen LogP contribution in [-0.4, -0.2) is 28.2 Å². The Morgan fingerprint density at radius 1 is 1.20 bits per heavy atom. The third-order valence-corrected chi connectivity index (χ3v) is 5.73. The lowest BCUT2D eigenvalue weighted by atomic mass is 10.1. The SMILES string of the molecule is COc1ccc(C(=O)CSc2nc3cc(Cl)ccc3c(=O)n2Cc2ccco2)cc1. The highest BCUT2D eigenvalue weighted by atomic mass is 35.5. The fourth-order valence-electron chi connectivity index (χ4n) is 2.97. The number of methoxy groups -OCH3 is 1. The monoisotopic (exact) mass is 440 g/mol. The molecule has 2 aromatic heterocycles. The van der Waals surface area contributed by atoms with Gasteiger partial charge >= 0.3 is 0 Å². The van der Waals surface area contributed by atoms with Crippen molar-refractivity contribution in [3.05, 3.63) is 87.6 Å². The van der Waals surface area contributed by atoms with Crippen molar-refractivity contribution in [3.63, 3.8) is 0 Å². The lowest BCUT2D eigenvalue weighted by Crippen LogP contribution is -2.24. The van der Waals surface area contributed by atoms with Crippen molar-refractivity contribution >= 4 is 40.0 Å². The molecule has 0 spiro atoms. The Kier molecular flexibility index (Phi) is 5.92. The number of aromatic nitrogens is 2. The molecule has 0 fully saturated rings. The molecule has 0 aliphatic rings. The van der Waals surface area contributed by atoms with Crippen molar-refractivity contribution in [1.29, 1.82) is 0 Å². The Labute approximate surface area is 181 Å². The van der Waals surface area contributed by atoms with Crippen LogP contribution in [0.2, 0.25) is 5.02 Å². The van der Waals surface area contributed by atoms with E-state index in [2.05, 4.69) is 4.98 Å². The number of carbonyl (C=O) groups is 1. The number of ether oxygens (including phenoxy) is 1. The zero-order valence-corrected chi connectivity index (χ0v) is 17.6. The van der Waals surface area contributed by atoms with Gasteiger partial charge in [0.25, 0.3) is 5.56 Å². The van der Waals surface area contributed by atoms with E-state index in [0.717, 1.165) is 0 Å². The molecule has 4 rings (SSSR count). The van der Waals surface area contributed by atoms with Crippen LogP contribution in [0.1, 0.15) is 16.1 Å². The van der Waals surface area contributed by atoms with E-state index in [0.29, 0.717) is 38.2 Å². The first-order valence-corrected chi connectivity index (χ1v) is 10.4. The van der Waals surface area contributed by atoms with Gasteiger partial charge in [-0.1, -0.05) is 23.4 Å². The Morgan fingerprint density at radius 2 is 2.00 bits per heavy atom. The van der Waals surface area contributed by atoms with E-state index in [9.17, 15) is 9.59 Å². The van der Waals surface area contributed by atoms with E-state index in [1.54, 1.807) is 68.0 Å². The van der Waals surface area contributed by atoms with Gasteiger partial charge < -0.3 is 9.15 Å². The Morgan fingerprint density at radius 3 is 2.70 bits per heavy atom. The Hall–Kier alpha value is -3.03. The Bertz CT molecular complexity index is 1250. The molecule has 0 unspecified atom stereocenters. The van der Waals surface area contributed by atoms with Crippen molar-refractivity contribution in [2.24, 2.45) is 0 Å². The van der Waals surface area contributed by atoms with Crippen LogP contribution in [0.4, 0.5) is 0 Å². The summed E-state index contributed by atoms with van der Waals surface area (Å²) in [5.41, 5.74) is 0.835. The average molecular weight is 441 g/mol. The number of hydrogen-bond acceptors (Lipinski definition) is 6. The topological polar surface area (TPSA) is 74.3 Å². The van der Waals surface area contributed by atoms with Gasteiger partial charge in [-0.15, -0.1) is 0 Å². The second kappa shape index (κ2) is 8.77. The lowest BCUT2D eigenvalue weighted by molar-refractivity contribution is 0.102. The number of rotatable bonds is 7. The van der Waals surface area contributed by atoms with Crippen molar-refractivity contribution in [2.45, 2.75) is 11.7 Å². The molecule has 2 aromatic carbocycles. The van der Waals surface area contributed by atoms with Gasteiger partial charge in [0, 0.05) is 10.6 Å². The first kappa shape index (κ1) is 20.3. The minimum atomic E-state index is -0.215. The zero-order valence-electron chi connectivity index (χ0n) is 16.0. The standard InChI is InChI=1S/C22H17ClN2O4S/c1-28-16-7-4-14(5-8-16)20(26)13-30-22-24-19-11-15(23)6-9-18(19)21(27)25(22)12-17-3-2-10-29-17/h2-11H,12-13H2,1H3. The number of benzene rings is 2. The number of halogens is 1. The van der Waals surface area contributed by atoms with E-state index in [1.165, 1.54) is 16.3 Å². The molecule has 4 aromatic rings. The van der Waals surface area contributed by atoms with E-state index >= 15 is 0 Å². The predicted molar refractivity (Wildman–Crippen MR) is 117 cm³/mol. The summed E-state index contributed by atoms with van der Waals surface area (Å²) in [7, 11) is 1.57. The first-order valence-electron chi connectivity index (χ1n) is 9.07. The van der Waals surface area contributed by atoms with E-state index in [4.69, 9.17) is 20.8 Å². The third-order valence-electron chi connectivity index (χ3n) is 4.52. The molecule has 30 heavy (non-hydrogen) atoms. The molecular weight excluding hydrogens is 424 g/mol. The van der Waals surface area contributed by atoms with Crippen molar-refractivity contribution in [3.8, 4) is 5.75 Å². The maximum Gasteiger partial charge on any atom is 0.262 e. The lowest BCUT2D eigenvalue weighted by Gasteiger charge is -2.12. The molecule has 0 saturated carbocycles. The second-order valence-corrected chi connectivity index (χ2v) is 7.85. The number of thioether (sulfide) groups is 1. The molecule has 152 valence electrons. The quantitative estimate of drug-likeness (QED) is 0.236. The van der Waals surface area contributed by atoms with Gasteiger partial charge in [0.05, 0.1) is 36.6 Å². The molecule has 0 amide bonds. The van der Waals surface area contributed by atoms with Crippen LogP contribution in [0.3, 0.4) is 0 Å². The Balaban J connectivity index is 1.66. The maximum absolute atomic E-state index is 13.1. The molecule has 8 heteroatoms. The van der Waals surface area contributed by atoms with Crippen LogP contribution in [0.25, 0.3) is 10.9 Å². The van der Waals surface area contributed by atoms with Crippen molar-refractivity contribution in [1.82, 2.24) is 9.55 Å². The summed E-state index contributed by atoms with van der Waals surface area (Å²) in [4.78, 5) is 30.3. The van der Waals surface area contributed by atoms with Crippen LogP contribution in [-0.2, 0) is 6.54 Å². The van der Waals surface area contributed by atoms with Crippen LogP contribution >= 0.6 is 23.4 Å². The highest BCUT2D eigenvalue weighted by Gasteiger charge is 2.16. The minimum absolute atomic E-state index is 0.0763. The second-order valence-electron chi connectivity index (χ2n) is 6.47. The van der Waals surface area contributed by atoms with E-state index < -0.39 is 0 Å². The molecule has 0 radical (unpaired) electrons. The van der Waals surface area contributed by atoms with Gasteiger partial charge in [-0.05, 0) is 54.6 Å². The minimum Gasteiger partial charge on any atom is -0.497 e. The van der Waals surface area contributed by atoms with E-state index in [-0.39, 0.29) is 23.6 Å². The molecule has 0 aliphatic carbocycles. The van der Waals surface area contributed by atoms with E-state index in [1.807, 2.05) is 0 Å². The summed E-state index contributed by atoms with van der Waals surface area (Å²) in [6.07, 6.45) is 1.55. The number of fused-ring (bicyclic) bond motifs is 1. The molecule has 0 atom stereocenters.